The van der Waals surface area contributed by atoms with Crippen LogP contribution in [-0.4, -0.2) is 61.7 Å². The van der Waals surface area contributed by atoms with Crippen molar-refractivity contribution in [2.75, 3.05) is 20.8 Å². The van der Waals surface area contributed by atoms with Gasteiger partial charge in [0.05, 0.1) is 29.4 Å². The fourth-order valence-corrected chi connectivity index (χ4v) is 4.79. The van der Waals surface area contributed by atoms with Crippen LogP contribution in [0.4, 0.5) is 31.1 Å². The molecule has 1 heterocycles. The highest BCUT2D eigenvalue weighted by molar-refractivity contribution is 5.93. The predicted octanol–water partition coefficient (Wildman–Crippen LogP) is 8.10. The van der Waals surface area contributed by atoms with Gasteiger partial charge in [0.15, 0.2) is 17.1 Å². The first kappa shape index (κ1) is 38.4. The van der Waals surface area contributed by atoms with Gasteiger partial charge in [0, 0.05) is 32.1 Å². The van der Waals surface area contributed by atoms with Crippen molar-refractivity contribution in [1.29, 1.82) is 0 Å². The Kier molecular flexibility index (Phi) is 11.7. The Morgan fingerprint density at radius 1 is 0.938 bits per heavy atom. The van der Waals surface area contributed by atoms with Crippen molar-refractivity contribution in [3.8, 4) is 0 Å². The zero-order chi connectivity index (χ0) is 36.2. The van der Waals surface area contributed by atoms with E-state index in [9.17, 15) is 41.0 Å². The molecule has 2 aromatic carbocycles. The van der Waals surface area contributed by atoms with E-state index in [1.165, 1.54) is 14.2 Å². The van der Waals surface area contributed by atoms with Crippen LogP contribution in [-0.2, 0) is 40.8 Å². The molecule has 4 atom stereocenters. The van der Waals surface area contributed by atoms with Crippen molar-refractivity contribution in [2.45, 2.75) is 70.1 Å². The number of benzene rings is 2. The number of rotatable bonds is 11. The molecular formula is C33H36F6O9. The van der Waals surface area contributed by atoms with E-state index in [0.29, 0.717) is 24.3 Å². The monoisotopic (exact) mass is 690 g/mol. The molecule has 0 aromatic heterocycles. The second-order valence-electron chi connectivity index (χ2n) is 12.0. The van der Waals surface area contributed by atoms with Gasteiger partial charge in [0.1, 0.15) is 5.60 Å². The summed E-state index contributed by atoms with van der Waals surface area (Å²) in [6.07, 6.45) is -12.2. The lowest BCUT2D eigenvalue weighted by molar-refractivity contribution is -0.327. The lowest BCUT2D eigenvalue weighted by Crippen LogP contribution is -2.64. The molecular weight excluding hydrogens is 654 g/mol. The van der Waals surface area contributed by atoms with Gasteiger partial charge in [0.2, 0.25) is 6.29 Å². The van der Waals surface area contributed by atoms with E-state index in [-0.39, 0.29) is 29.7 Å². The number of hydrogen-bond acceptors (Lipinski definition) is 9. The Morgan fingerprint density at radius 2 is 1.42 bits per heavy atom. The van der Waals surface area contributed by atoms with Gasteiger partial charge in [0.25, 0.3) is 0 Å². The maximum absolute atomic E-state index is 13.2. The quantitative estimate of drug-likeness (QED) is 0.0823. The topological polar surface area (TPSA) is 110 Å². The molecule has 0 radical (unpaired) electrons. The summed E-state index contributed by atoms with van der Waals surface area (Å²) in [5, 5.41) is 11.3. The van der Waals surface area contributed by atoms with Crippen LogP contribution >= 0.6 is 0 Å². The molecule has 1 aliphatic heterocycles. The molecule has 1 aliphatic rings. The van der Waals surface area contributed by atoms with E-state index < -0.39 is 76.6 Å². The molecule has 0 aliphatic carbocycles. The molecule has 1 fully saturated rings. The molecule has 1 N–H and O–H groups in total. The van der Waals surface area contributed by atoms with E-state index in [2.05, 4.69) is 6.58 Å². The smallest absolute Gasteiger partial charge is 0.504 e. The summed E-state index contributed by atoms with van der Waals surface area (Å²) < 4.78 is 111. The first-order valence-electron chi connectivity index (χ1n) is 14.4. The standard InChI is InChI=1S/C33H36F6O9/c1-18(24-16-31(47-24,17-43-6)28(44-7)46-29(42)48-30(3,4)5)19(2)25(40)26(20-8-12-22(13-9-20)32(34,35)36)45-27(41)21-10-14-23(15-11-21)33(37,38)39/h8-15,18,24,28,40H,2,16-17H2,1,3-7H3/b26-25+/t18-,24?,28?,31+/m1/s1. The van der Waals surface area contributed by atoms with Crippen molar-refractivity contribution < 1.29 is 69.5 Å². The highest BCUT2D eigenvalue weighted by Crippen LogP contribution is 2.44. The van der Waals surface area contributed by atoms with Crippen LogP contribution in [0.2, 0.25) is 0 Å². The highest BCUT2D eigenvalue weighted by Gasteiger charge is 2.56. The van der Waals surface area contributed by atoms with Crippen LogP contribution in [0.25, 0.3) is 5.76 Å². The molecule has 2 aromatic rings. The van der Waals surface area contributed by atoms with E-state index >= 15 is 0 Å². The SMILES string of the molecule is C=C(/C(O)=C(\OC(=O)c1ccc(C(F)(F)F)cc1)c1ccc(C(F)(F)F)cc1)[C@@H](C)C1C[C@](COC)(C(OC)OC(=O)OC(C)(C)C)O1. The molecule has 0 amide bonds. The fourth-order valence-electron chi connectivity index (χ4n) is 4.79. The number of esters is 1. The van der Waals surface area contributed by atoms with Gasteiger partial charge >= 0.3 is 24.5 Å². The third-order valence-corrected chi connectivity index (χ3v) is 7.30. The molecule has 264 valence electrons. The summed E-state index contributed by atoms with van der Waals surface area (Å²) in [4.78, 5) is 25.3. The Bertz CT molecular complexity index is 1480. The number of ether oxygens (including phenoxy) is 6. The second-order valence-corrected chi connectivity index (χ2v) is 12.0. The average molecular weight is 691 g/mol. The Morgan fingerprint density at radius 3 is 1.83 bits per heavy atom. The van der Waals surface area contributed by atoms with Crippen LogP contribution in [0, 0.1) is 5.92 Å². The third-order valence-electron chi connectivity index (χ3n) is 7.30. The van der Waals surface area contributed by atoms with Gasteiger partial charge in [-0.1, -0.05) is 25.6 Å². The normalized spacial score (nSPS) is 20.1. The molecule has 15 heteroatoms. The van der Waals surface area contributed by atoms with Crippen molar-refractivity contribution >= 4 is 17.9 Å². The number of aliphatic hydroxyl groups is 1. The summed E-state index contributed by atoms with van der Waals surface area (Å²) >= 11 is 0. The lowest BCUT2D eigenvalue weighted by atomic mass is 9.80. The van der Waals surface area contributed by atoms with E-state index in [4.69, 9.17) is 28.4 Å². The summed E-state index contributed by atoms with van der Waals surface area (Å²) in [5.74, 6) is -3.28. The average Bonchev–Trinajstić information content (AvgIpc) is 2.97. The molecule has 0 saturated carbocycles. The van der Waals surface area contributed by atoms with Gasteiger partial charge in [-0.25, -0.2) is 9.59 Å². The highest BCUT2D eigenvalue weighted by atomic mass is 19.4. The van der Waals surface area contributed by atoms with Crippen molar-refractivity contribution in [3.63, 3.8) is 0 Å². The third kappa shape index (κ3) is 9.29. The number of carbonyl (C=O) groups is 2. The largest absolute Gasteiger partial charge is 0.511 e. The van der Waals surface area contributed by atoms with Gasteiger partial charge in [-0.05, 0) is 62.7 Å². The number of carbonyl (C=O) groups excluding carboxylic acids is 2. The Hall–Kier alpha value is -4.08. The molecule has 3 rings (SSSR count). The van der Waals surface area contributed by atoms with Crippen molar-refractivity contribution in [1.82, 2.24) is 0 Å². The van der Waals surface area contributed by atoms with Crippen LogP contribution in [0.3, 0.4) is 0 Å². The molecule has 48 heavy (non-hydrogen) atoms. The van der Waals surface area contributed by atoms with Crippen LogP contribution < -0.4 is 0 Å². The minimum Gasteiger partial charge on any atom is -0.504 e. The number of halogens is 6. The van der Waals surface area contributed by atoms with E-state index in [1.54, 1.807) is 27.7 Å². The maximum atomic E-state index is 13.2. The number of aliphatic hydroxyl groups excluding tert-OH is 1. The summed E-state index contributed by atoms with van der Waals surface area (Å²) in [6.45, 7) is 10.3. The number of methoxy groups -OCH3 is 2. The van der Waals surface area contributed by atoms with Gasteiger partial charge in [-0.15, -0.1) is 0 Å². The zero-order valence-electron chi connectivity index (χ0n) is 27.0. The number of allylic oxidation sites excluding steroid dienone is 1. The van der Waals surface area contributed by atoms with Gasteiger partial charge < -0.3 is 33.5 Å². The first-order valence-corrected chi connectivity index (χ1v) is 14.4. The zero-order valence-corrected chi connectivity index (χ0v) is 27.0. The van der Waals surface area contributed by atoms with Crippen LogP contribution in [0.15, 0.2) is 66.4 Å². The molecule has 1 saturated heterocycles. The minimum atomic E-state index is -4.69. The predicted molar refractivity (Wildman–Crippen MR) is 158 cm³/mol. The molecule has 0 bridgehead atoms. The Balaban J connectivity index is 1.91. The van der Waals surface area contributed by atoms with Crippen LogP contribution in [0.5, 0.6) is 0 Å². The summed E-state index contributed by atoms with van der Waals surface area (Å²) in [6, 6.07) is 6.31. The minimum absolute atomic E-state index is 0.0665. The van der Waals surface area contributed by atoms with Gasteiger partial charge in [-0.3, -0.25) is 0 Å². The van der Waals surface area contributed by atoms with E-state index in [0.717, 1.165) is 24.3 Å². The number of hydrogen-bond donors (Lipinski definition) is 1. The van der Waals surface area contributed by atoms with Crippen molar-refractivity contribution in [2.24, 2.45) is 5.92 Å². The van der Waals surface area contributed by atoms with Crippen molar-refractivity contribution in [3.05, 3.63) is 88.7 Å². The molecule has 0 spiro atoms. The number of alkyl halides is 6. The second kappa shape index (κ2) is 14.6. The summed E-state index contributed by atoms with van der Waals surface area (Å²) in [7, 11) is 2.66. The Labute approximate surface area is 273 Å². The molecule has 2 unspecified atom stereocenters. The van der Waals surface area contributed by atoms with Crippen LogP contribution in [0.1, 0.15) is 61.2 Å². The lowest BCUT2D eigenvalue weighted by Gasteiger charge is -2.51. The maximum Gasteiger partial charge on any atom is 0.511 e. The molecule has 9 nitrogen and oxygen atoms in total. The summed E-state index contributed by atoms with van der Waals surface area (Å²) in [5.41, 5.74) is -4.77. The van der Waals surface area contributed by atoms with E-state index in [1.807, 2.05) is 0 Å². The first-order chi connectivity index (χ1) is 22.1. The fraction of sp³-hybridized carbons (Fsp3) is 0.455. The van der Waals surface area contributed by atoms with Gasteiger partial charge in [-0.2, -0.15) is 26.3 Å².